The molecule has 4 aromatic rings. The summed E-state index contributed by atoms with van der Waals surface area (Å²) in [5.41, 5.74) is 7.79. The molecule has 0 saturated carbocycles. The van der Waals surface area contributed by atoms with Crippen LogP contribution in [0.1, 0.15) is 41.9 Å². The van der Waals surface area contributed by atoms with E-state index in [1.807, 2.05) is 0 Å². The summed E-state index contributed by atoms with van der Waals surface area (Å²) in [6.07, 6.45) is 8.55. The van der Waals surface area contributed by atoms with E-state index in [0.717, 1.165) is 29.5 Å². The number of hydrogen-bond donors (Lipinski definition) is 1. The number of nitrogen functional groups attached to an aromatic ring is 1. The van der Waals surface area contributed by atoms with E-state index in [0.29, 0.717) is 22.7 Å². The minimum absolute atomic E-state index is 0.0262. The van der Waals surface area contributed by atoms with Gasteiger partial charge in [0.15, 0.2) is 18.1 Å². The second-order valence-corrected chi connectivity index (χ2v) is 9.01. The fourth-order valence-corrected chi connectivity index (χ4v) is 5.42. The van der Waals surface area contributed by atoms with E-state index in [9.17, 15) is 9.59 Å². The van der Waals surface area contributed by atoms with Crippen molar-refractivity contribution in [2.24, 2.45) is 7.05 Å². The number of carbonyl (C=O) groups excluding carboxylic acids is 1. The van der Waals surface area contributed by atoms with Crippen molar-refractivity contribution >= 4 is 44.4 Å². The number of hydrogen-bond acceptors (Lipinski definition) is 9. The Hall–Kier alpha value is -3.34. The maximum Gasteiger partial charge on any atom is 0.308 e. The SMILES string of the molecule is Cn1ncc2c(=O)n(CCC(=O)OCc3nc(N)c4c5c(sc4n3)CCCCC5)cnc21. The van der Waals surface area contributed by atoms with Crippen molar-refractivity contribution in [3.8, 4) is 0 Å². The lowest BCUT2D eigenvalue weighted by molar-refractivity contribution is -0.145. The molecule has 0 unspecified atom stereocenters. The number of aromatic nitrogens is 6. The number of esters is 1. The number of aryl methyl sites for hydroxylation is 4. The normalized spacial score (nSPS) is 13.9. The Morgan fingerprint density at radius 1 is 1.25 bits per heavy atom. The smallest absolute Gasteiger partial charge is 0.308 e. The summed E-state index contributed by atoms with van der Waals surface area (Å²) in [6, 6.07) is 0. The standard InChI is InChI=1S/C21H23N7O3S/c1-27-19-13(9-24-27)21(30)28(11-23-19)8-7-16(29)31-10-15-25-18(22)17-12-5-3-2-4-6-14(12)32-20(17)26-15/h9,11H,2-8,10H2,1H3,(H2,22,25,26). The van der Waals surface area contributed by atoms with E-state index in [-0.39, 0.29) is 25.1 Å². The molecule has 4 aromatic heterocycles. The number of nitrogens with two attached hydrogens (primary N) is 1. The molecule has 0 aromatic carbocycles. The second kappa shape index (κ2) is 8.30. The molecule has 1 aliphatic rings. The van der Waals surface area contributed by atoms with Crippen molar-refractivity contribution < 1.29 is 9.53 Å². The average Bonchev–Trinajstić information content (AvgIpc) is 3.24. The van der Waals surface area contributed by atoms with Crippen LogP contribution in [-0.2, 0) is 42.6 Å². The van der Waals surface area contributed by atoms with Crippen molar-refractivity contribution in [3.63, 3.8) is 0 Å². The number of ether oxygens (including phenoxy) is 1. The highest BCUT2D eigenvalue weighted by molar-refractivity contribution is 7.19. The van der Waals surface area contributed by atoms with Crippen LogP contribution < -0.4 is 11.3 Å². The first kappa shape index (κ1) is 20.6. The Labute approximate surface area is 187 Å². The first-order valence-corrected chi connectivity index (χ1v) is 11.4. The second-order valence-electron chi connectivity index (χ2n) is 7.93. The lowest BCUT2D eigenvalue weighted by atomic mass is 10.1. The molecule has 0 saturated heterocycles. The highest BCUT2D eigenvalue weighted by atomic mass is 32.1. The zero-order valence-electron chi connectivity index (χ0n) is 17.7. The molecule has 0 fully saturated rings. The summed E-state index contributed by atoms with van der Waals surface area (Å²) in [5.74, 6) is 0.380. The third kappa shape index (κ3) is 3.72. The molecule has 4 heterocycles. The van der Waals surface area contributed by atoms with Gasteiger partial charge in [0.05, 0.1) is 24.3 Å². The average molecular weight is 454 g/mol. The summed E-state index contributed by atoms with van der Waals surface area (Å²) in [5, 5.41) is 5.41. The Kier molecular flexibility index (Phi) is 5.33. The van der Waals surface area contributed by atoms with Gasteiger partial charge in [-0.2, -0.15) is 5.10 Å². The van der Waals surface area contributed by atoms with Crippen LogP contribution in [0.15, 0.2) is 17.3 Å². The van der Waals surface area contributed by atoms with Crippen LogP contribution in [0.25, 0.3) is 21.3 Å². The molecule has 5 rings (SSSR count). The Morgan fingerprint density at radius 3 is 2.97 bits per heavy atom. The maximum absolute atomic E-state index is 12.5. The van der Waals surface area contributed by atoms with Gasteiger partial charge in [0.25, 0.3) is 5.56 Å². The molecule has 0 radical (unpaired) electrons. The van der Waals surface area contributed by atoms with E-state index in [4.69, 9.17) is 10.5 Å². The van der Waals surface area contributed by atoms with Crippen LogP contribution in [0.2, 0.25) is 0 Å². The van der Waals surface area contributed by atoms with Gasteiger partial charge in [-0.3, -0.25) is 18.8 Å². The van der Waals surface area contributed by atoms with Gasteiger partial charge in [0, 0.05) is 18.5 Å². The number of carbonyl (C=O) groups is 1. The fourth-order valence-electron chi connectivity index (χ4n) is 4.13. The van der Waals surface area contributed by atoms with Gasteiger partial charge >= 0.3 is 5.97 Å². The molecule has 0 spiro atoms. The first-order chi connectivity index (χ1) is 15.5. The van der Waals surface area contributed by atoms with Gasteiger partial charge in [-0.05, 0) is 31.2 Å². The van der Waals surface area contributed by atoms with Crippen LogP contribution in [0, 0.1) is 0 Å². The zero-order valence-corrected chi connectivity index (χ0v) is 18.5. The largest absolute Gasteiger partial charge is 0.457 e. The molecule has 166 valence electrons. The van der Waals surface area contributed by atoms with Gasteiger partial charge in [-0.1, -0.05) is 6.42 Å². The molecule has 0 aliphatic heterocycles. The maximum atomic E-state index is 12.5. The van der Waals surface area contributed by atoms with Gasteiger partial charge < -0.3 is 10.5 Å². The van der Waals surface area contributed by atoms with Crippen molar-refractivity contribution in [2.45, 2.75) is 51.7 Å². The minimum atomic E-state index is -0.451. The summed E-state index contributed by atoms with van der Waals surface area (Å²) in [6.45, 7) is 0.103. The van der Waals surface area contributed by atoms with Crippen LogP contribution >= 0.6 is 11.3 Å². The van der Waals surface area contributed by atoms with E-state index >= 15 is 0 Å². The van der Waals surface area contributed by atoms with Gasteiger partial charge in [0.1, 0.15) is 16.0 Å². The van der Waals surface area contributed by atoms with E-state index in [1.54, 1.807) is 18.4 Å². The number of fused-ring (bicyclic) bond motifs is 4. The van der Waals surface area contributed by atoms with E-state index in [2.05, 4.69) is 20.1 Å². The van der Waals surface area contributed by atoms with Crippen molar-refractivity contribution in [1.82, 2.24) is 29.3 Å². The topological polar surface area (TPSA) is 131 Å². The van der Waals surface area contributed by atoms with E-state index in [1.165, 1.54) is 45.1 Å². The molecule has 0 bridgehead atoms. The Balaban J connectivity index is 1.25. The lowest BCUT2D eigenvalue weighted by Crippen LogP contribution is -2.22. The predicted molar refractivity (Wildman–Crippen MR) is 120 cm³/mol. The number of thiophene rings is 1. The summed E-state index contributed by atoms with van der Waals surface area (Å²) in [4.78, 5) is 40.1. The Bertz CT molecular complexity index is 1390. The Morgan fingerprint density at radius 2 is 2.09 bits per heavy atom. The van der Waals surface area contributed by atoms with Crippen LogP contribution in [0.3, 0.4) is 0 Å². The molecule has 11 heteroatoms. The van der Waals surface area contributed by atoms with Crippen LogP contribution in [-0.4, -0.2) is 35.3 Å². The van der Waals surface area contributed by atoms with E-state index < -0.39 is 5.97 Å². The highest BCUT2D eigenvalue weighted by Crippen LogP contribution is 2.37. The fraction of sp³-hybridized carbons (Fsp3) is 0.429. The molecular weight excluding hydrogens is 430 g/mol. The molecule has 2 N–H and O–H groups in total. The first-order valence-electron chi connectivity index (χ1n) is 10.6. The molecule has 1 aliphatic carbocycles. The summed E-state index contributed by atoms with van der Waals surface area (Å²) in [7, 11) is 1.72. The quantitative estimate of drug-likeness (QED) is 0.359. The van der Waals surface area contributed by atoms with Crippen molar-refractivity contribution in [3.05, 3.63) is 39.1 Å². The van der Waals surface area contributed by atoms with Gasteiger partial charge in [-0.15, -0.1) is 11.3 Å². The van der Waals surface area contributed by atoms with Crippen LogP contribution in [0.5, 0.6) is 0 Å². The third-order valence-electron chi connectivity index (χ3n) is 5.78. The predicted octanol–water partition coefficient (Wildman–Crippen LogP) is 2.12. The molecular formula is C21H23N7O3S. The molecule has 0 atom stereocenters. The minimum Gasteiger partial charge on any atom is -0.457 e. The number of anilines is 1. The van der Waals surface area contributed by atoms with Gasteiger partial charge in [-0.25, -0.2) is 15.0 Å². The highest BCUT2D eigenvalue weighted by Gasteiger charge is 2.19. The molecule has 10 nitrogen and oxygen atoms in total. The lowest BCUT2D eigenvalue weighted by Gasteiger charge is -2.07. The van der Waals surface area contributed by atoms with Crippen molar-refractivity contribution in [2.75, 3.05) is 5.73 Å². The summed E-state index contributed by atoms with van der Waals surface area (Å²) < 4.78 is 8.25. The zero-order chi connectivity index (χ0) is 22.2. The van der Waals surface area contributed by atoms with Crippen molar-refractivity contribution in [1.29, 1.82) is 0 Å². The summed E-state index contributed by atoms with van der Waals surface area (Å²) >= 11 is 1.66. The van der Waals surface area contributed by atoms with Gasteiger partial charge in [0.2, 0.25) is 0 Å². The van der Waals surface area contributed by atoms with Crippen LogP contribution in [0.4, 0.5) is 5.82 Å². The molecule has 0 amide bonds. The number of rotatable bonds is 5. The monoisotopic (exact) mass is 453 g/mol. The number of nitrogens with zero attached hydrogens (tertiary/aromatic N) is 6. The third-order valence-corrected chi connectivity index (χ3v) is 6.96. The molecule has 32 heavy (non-hydrogen) atoms.